The van der Waals surface area contributed by atoms with E-state index in [-0.39, 0.29) is 11.5 Å². The van der Waals surface area contributed by atoms with Crippen LogP contribution in [0.15, 0.2) is 53.3 Å². The molecule has 1 saturated heterocycles. The van der Waals surface area contributed by atoms with Crippen molar-refractivity contribution in [1.29, 1.82) is 0 Å². The lowest BCUT2D eigenvalue weighted by atomic mass is 9.83. The van der Waals surface area contributed by atoms with Crippen molar-refractivity contribution in [3.63, 3.8) is 0 Å². The number of nitrogens with one attached hydrogen (secondary N) is 2. The summed E-state index contributed by atoms with van der Waals surface area (Å²) in [5, 5.41) is 10.1. The lowest BCUT2D eigenvalue weighted by Crippen LogP contribution is -2.48. The smallest absolute Gasteiger partial charge is 0.269 e. The van der Waals surface area contributed by atoms with Crippen LogP contribution in [0.2, 0.25) is 0 Å². The van der Waals surface area contributed by atoms with Gasteiger partial charge in [-0.3, -0.25) is 14.7 Å². The standard InChI is InChI=1S/C24H27N5O3/c1-32-22-7-3-2-5-18(22)19-12-20(27-26-19)24(31)25-9-10-28-13-16-11-17(15-28)21-6-4-8-23(30)29(21)14-16/h2-8,12,16-17H,9-11,13-15H2,1H3,(H,25,31)(H,26,27)/t16-,17+/m1/s1. The molecule has 1 fully saturated rings. The van der Waals surface area contributed by atoms with Gasteiger partial charge in [0.05, 0.1) is 12.8 Å². The molecular weight excluding hydrogens is 406 g/mol. The molecule has 0 aliphatic carbocycles. The van der Waals surface area contributed by atoms with E-state index in [2.05, 4.69) is 26.5 Å². The fraction of sp³-hybridized carbons (Fsp3) is 0.375. The average Bonchev–Trinajstić information content (AvgIpc) is 3.30. The third-order valence-electron chi connectivity index (χ3n) is 6.47. The van der Waals surface area contributed by atoms with Gasteiger partial charge in [0.2, 0.25) is 0 Å². The molecule has 8 heteroatoms. The average molecular weight is 434 g/mol. The van der Waals surface area contributed by atoms with Gasteiger partial charge >= 0.3 is 0 Å². The topological polar surface area (TPSA) is 92.2 Å². The van der Waals surface area contributed by atoms with Gasteiger partial charge in [-0.15, -0.1) is 0 Å². The highest BCUT2D eigenvalue weighted by Gasteiger charge is 2.34. The molecule has 8 nitrogen and oxygen atoms in total. The minimum atomic E-state index is -0.173. The number of amides is 1. The summed E-state index contributed by atoms with van der Waals surface area (Å²) in [5.41, 5.74) is 3.18. The number of aromatic nitrogens is 3. The quantitative estimate of drug-likeness (QED) is 0.621. The van der Waals surface area contributed by atoms with Crippen LogP contribution in [0.3, 0.4) is 0 Å². The predicted octanol–water partition coefficient (Wildman–Crippen LogP) is 2.10. The highest BCUT2D eigenvalue weighted by molar-refractivity contribution is 5.93. The Morgan fingerprint density at radius 2 is 2.06 bits per heavy atom. The minimum absolute atomic E-state index is 0.102. The zero-order chi connectivity index (χ0) is 22.1. The molecule has 4 heterocycles. The predicted molar refractivity (Wildman–Crippen MR) is 121 cm³/mol. The summed E-state index contributed by atoms with van der Waals surface area (Å²) in [6.07, 6.45) is 1.13. The second-order valence-corrected chi connectivity index (χ2v) is 8.58. The molecule has 2 aromatic heterocycles. The van der Waals surface area contributed by atoms with Crippen molar-refractivity contribution in [3.8, 4) is 17.0 Å². The van der Waals surface area contributed by atoms with Crippen LogP contribution in [0.1, 0.15) is 28.5 Å². The Hall–Kier alpha value is -3.39. The van der Waals surface area contributed by atoms with Crippen LogP contribution >= 0.6 is 0 Å². The summed E-state index contributed by atoms with van der Waals surface area (Å²) in [6, 6.07) is 14.9. The fourth-order valence-electron chi connectivity index (χ4n) is 5.03. The van der Waals surface area contributed by atoms with Crippen LogP contribution in [-0.4, -0.2) is 58.9 Å². The number of likely N-dealkylation sites (tertiary alicyclic amines) is 1. The highest BCUT2D eigenvalue weighted by Crippen LogP contribution is 2.34. The van der Waals surface area contributed by atoms with Crippen molar-refractivity contribution in [1.82, 2.24) is 25.0 Å². The number of hydrogen-bond acceptors (Lipinski definition) is 5. The van der Waals surface area contributed by atoms with Gasteiger partial charge in [-0.25, -0.2) is 0 Å². The van der Waals surface area contributed by atoms with Gasteiger partial charge in [-0.1, -0.05) is 18.2 Å². The number of piperidine rings is 1. The van der Waals surface area contributed by atoms with Gasteiger partial charge in [0.25, 0.3) is 11.5 Å². The van der Waals surface area contributed by atoms with Crippen molar-refractivity contribution in [2.24, 2.45) is 5.92 Å². The van der Waals surface area contributed by atoms with Gasteiger partial charge in [-0.2, -0.15) is 5.10 Å². The van der Waals surface area contributed by atoms with E-state index in [1.165, 1.54) is 0 Å². The van der Waals surface area contributed by atoms with Crippen LogP contribution in [0, 0.1) is 5.92 Å². The van der Waals surface area contributed by atoms with Gasteiger partial charge in [0.1, 0.15) is 11.4 Å². The summed E-state index contributed by atoms with van der Waals surface area (Å²) >= 11 is 0. The molecule has 166 valence electrons. The number of pyridine rings is 1. The molecule has 32 heavy (non-hydrogen) atoms. The number of ether oxygens (including phenoxy) is 1. The van der Waals surface area contributed by atoms with E-state index in [0.717, 1.165) is 43.9 Å². The molecule has 0 saturated carbocycles. The van der Waals surface area contributed by atoms with Crippen LogP contribution in [-0.2, 0) is 6.54 Å². The Morgan fingerprint density at radius 3 is 2.94 bits per heavy atom. The fourth-order valence-corrected chi connectivity index (χ4v) is 5.03. The minimum Gasteiger partial charge on any atom is -0.496 e. The van der Waals surface area contributed by atoms with Crippen molar-refractivity contribution in [3.05, 3.63) is 70.3 Å². The zero-order valence-electron chi connectivity index (χ0n) is 18.1. The highest BCUT2D eigenvalue weighted by atomic mass is 16.5. The van der Waals surface area contributed by atoms with Crippen LogP contribution in [0.25, 0.3) is 11.3 Å². The summed E-state index contributed by atoms with van der Waals surface area (Å²) in [6.45, 7) is 3.99. The normalized spacial score (nSPS) is 19.9. The Bertz CT molecular complexity index is 1180. The first-order valence-corrected chi connectivity index (χ1v) is 11.0. The zero-order valence-corrected chi connectivity index (χ0v) is 18.1. The molecule has 2 atom stereocenters. The Labute approximate surface area is 186 Å². The Kier molecular flexibility index (Phi) is 5.53. The second-order valence-electron chi connectivity index (χ2n) is 8.58. The summed E-state index contributed by atoms with van der Waals surface area (Å²) in [5.74, 6) is 1.40. The molecule has 5 rings (SSSR count). The molecule has 3 aromatic rings. The van der Waals surface area contributed by atoms with E-state index >= 15 is 0 Å². The SMILES string of the molecule is COc1ccccc1-c1cc(C(=O)NCCN2C[C@H]3C[C@@H](C2)c2cccc(=O)n2C3)[nH]n1. The first kappa shape index (κ1) is 20.5. The van der Waals surface area contributed by atoms with E-state index in [4.69, 9.17) is 4.74 Å². The molecule has 2 aliphatic heterocycles. The number of benzene rings is 1. The van der Waals surface area contributed by atoms with E-state index in [9.17, 15) is 9.59 Å². The number of hydrogen-bond donors (Lipinski definition) is 2. The van der Waals surface area contributed by atoms with Crippen molar-refractivity contribution in [2.75, 3.05) is 33.3 Å². The number of rotatable bonds is 6. The van der Waals surface area contributed by atoms with Gasteiger partial charge in [0.15, 0.2) is 0 Å². The summed E-state index contributed by atoms with van der Waals surface area (Å²) < 4.78 is 7.32. The molecule has 2 bridgehead atoms. The molecule has 0 radical (unpaired) electrons. The van der Waals surface area contributed by atoms with Crippen molar-refractivity contribution >= 4 is 5.91 Å². The lowest BCUT2D eigenvalue weighted by molar-refractivity contribution is 0.0923. The number of aromatic amines is 1. The number of fused-ring (bicyclic) bond motifs is 4. The van der Waals surface area contributed by atoms with Gasteiger partial charge < -0.3 is 19.5 Å². The molecule has 2 aliphatic rings. The third-order valence-corrected chi connectivity index (χ3v) is 6.47. The number of H-pyrrole nitrogens is 1. The molecule has 2 N–H and O–H groups in total. The van der Waals surface area contributed by atoms with Crippen LogP contribution < -0.4 is 15.6 Å². The van der Waals surface area contributed by atoms with Crippen molar-refractivity contribution in [2.45, 2.75) is 18.9 Å². The first-order valence-electron chi connectivity index (χ1n) is 11.0. The van der Waals surface area contributed by atoms with Crippen LogP contribution in [0.5, 0.6) is 5.75 Å². The van der Waals surface area contributed by atoms with Crippen LogP contribution in [0.4, 0.5) is 0 Å². The second kappa shape index (κ2) is 8.63. The summed E-state index contributed by atoms with van der Waals surface area (Å²) in [7, 11) is 1.62. The van der Waals surface area contributed by atoms with E-state index < -0.39 is 0 Å². The first-order chi connectivity index (χ1) is 15.6. The Morgan fingerprint density at radius 1 is 1.19 bits per heavy atom. The van der Waals surface area contributed by atoms with E-state index in [1.54, 1.807) is 19.2 Å². The van der Waals surface area contributed by atoms with Gasteiger partial charge in [0, 0.05) is 56.0 Å². The van der Waals surface area contributed by atoms with Gasteiger partial charge in [-0.05, 0) is 36.6 Å². The maximum absolute atomic E-state index is 12.6. The van der Waals surface area contributed by atoms with E-state index in [1.807, 2.05) is 34.9 Å². The van der Waals surface area contributed by atoms with E-state index in [0.29, 0.717) is 35.5 Å². The molecular formula is C24H27N5O3. The number of carbonyl (C=O) groups excluding carboxylic acids is 1. The number of carbonyl (C=O) groups is 1. The monoisotopic (exact) mass is 433 g/mol. The Balaban J connectivity index is 1.18. The molecule has 0 unspecified atom stereocenters. The maximum atomic E-state index is 12.6. The largest absolute Gasteiger partial charge is 0.496 e. The maximum Gasteiger partial charge on any atom is 0.269 e. The number of methoxy groups -OCH3 is 1. The molecule has 0 spiro atoms. The summed E-state index contributed by atoms with van der Waals surface area (Å²) in [4.78, 5) is 27.2. The molecule has 1 aromatic carbocycles. The third kappa shape index (κ3) is 3.93. The lowest BCUT2D eigenvalue weighted by Gasteiger charge is -2.42. The van der Waals surface area contributed by atoms with Crippen molar-refractivity contribution < 1.29 is 9.53 Å². The number of para-hydroxylation sites is 1. The number of nitrogens with zero attached hydrogens (tertiary/aromatic N) is 3. The molecule has 1 amide bonds.